The summed E-state index contributed by atoms with van der Waals surface area (Å²) in [5, 5.41) is 4.82. The highest BCUT2D eigenvalue weighted by molar-refractivity contribution is 7.80. The van der Waals surface area contributed by atoms with E-state index in [4.69, 9.17) is 50.6 Å². The normalized spacial score (nSPS) is 11.3. The van der Waals surface area contributed by atoms with Gasteiger partial charge in [-0.3, -0.25) is 23.9 Å². The number of thiocarbonyl (C=S) groups is 1. The number of methoxy groups -OCH3 is 1. The molecule has 0 fully saturated rings. The fraction of sp³-hybridized carbons (Fsp3) is 0.174. The number of fused-ring (bicyclic) bond motifs is 1. The number of nitrogens with one attached hydrogen (secondary N) is 1. The number of nitrogens with zero attached hydrogens (tertiary/aromatic N) is 5. The lowest BCUT2D eigenvalue weighted by Gasteiger charge is -2.13. The van der Waals surface area contributed by atoms with Gasteiger partial charge in [0.2, 0.25) is 0 Å². The maximum absolute atomic E-state index is 13.1. The molecule has 0 aliphatic rings. The lowest BCUT2D eigenvalue weighted by molar-refractivity contribution is 0.361. The fourth-order valence-corrected chi connectivity index (χ4v) is 4.11. The highest BCUT2D eigenvalue weighted by Crippen LogP contribution is 2.33. The minimum absolute atomic E-state index is 0.0309. The van der Waals surface area contributed by atoms with Gasteiger partial charge in [-0.05, 0) is 53.7 Å². The van der Waals surface area contributed by atoms with E-state index in [1.165, 1.54) is 32.0 Å². The van der Waals surface area contributed by atoms with Gasteiger partial charge in [0.25, 0.3) is 5.56 Å². The van der Waals surface area contributed by atoms with Crippen LogP contribution in [0.15, 0.2) is 51.1 Å². The highest BCUT2D eigenvalue weighted by atomic mass is 35.5. The van der Waals surface area contributed by atoms with E-state index in [0.717, 1.165) is 4.57 Å². The van der Waals surface area contributed by atoms with Crippen LogP contribution in [-0.2, 0) is 20.6 Å². The van der Waals surface area contributed by atoms with E-state index in [9.17, 15) is 9.59 Å². The molecular weight excluding hydrogens is 541 g/mol. The quantitative estimate of drug-likeness (QED) is 0.200. The van der Waals surface area contributed by atoms with Crippen molar-refractivity contribution in [2.75, 3.05) is 7.11 Å². The molecule has 192 valence electrons. The summed E-state index contributed by atoms with van der Waals surface area (Å²) >= 11 is 17.2. The number of nitrogens with two attached hydrogens (primary N) is 1. The summed E-state index contributed by atoms with van der Waals surface area (Å²) in [7, 11) is 4.40. The van der Waals surface area contributed by atoms with Crippen LogP contribution in [0.5, 0.6) is 17.5 Å². The molecule has 2 heterocycles. The molecule has 0 aliphatic heterocycles. The van der Waals surface area contributed by atoms with E-state index in [1.54, 1.807) is 41.0 Å². The first-order valence-electron chi connectivity index (χ1n) is 10.6. The van der Waals surface area contributed by atoms with Crippen molar-refractivity contribution >= 4 is 57.9 Å². The second-order valence-electron chi connectivity index (χ2n) is 7.84. The average Bonchev–Trinajstić information content (AvgIpc) is 3.21. The fourth-order valence-electron chi connectivity index (χ4n) is 3.59. The molecule has 0 spiro atoms. The third kappa shape index (κ3) is 5.31. The Hall–Kier alpha value is -3.87. The zero-order valence-electron chi connectivity index (χ0n) is 19.9. The molecular formula is C23H21Cl2N7O4S. The van der Waals surface area contributed by atoms with E-state index in [1.807, 2.05) is 0 Å². The van der Waals surface area contributed by atoms with E-state index in [0.29, 0.717) is 32.7 Å². The summed E-state index contributed by atoms with van der Waals surface area (Å²) in [5.74, 6) is 0.673. The van der Waals surface area contributed by atoms with Gasteiger partial charge in [-0.1, -0.05) is 29.3 Å². The van der Waals surface area contributed by atoms with Crippen molar-refractivity contribution in [3.05, 3.63) is 78.4 Å². The Bertz CT molecular complexity index is 1680. The molecule has 37 heavy (non-hydrogen) atoms. The maximum Gasteiger partial charge on any atom is 0.332 e. The number of aromatic nitrogens is 4. The zero-order chi connectivity index (χ0) is 26.9. The van der Waals surface area contributed by atoms with Crippen molar-refractivity contribution in [2.24, 2.45) is 24.9 Å². The van der Waals surface area contributed by atoms with Gasteiger partial charge in [0.05, 0.1) is 19.9 Å². The minimum Gasteiger partial charge on any atom is -0.493 e. The largest absolute Gasteiger partial charge is 0.493 e. The second-order valence-corrected chi connectivity index (χ2v) is 9.12. The molecule has 4 rings (SSSR count). The van der Waals surface area contributed by atoms with Crippen LogP contribution in [0.1, 0.15) is 11.1 Å². The monoisotopic (exact) mass is 561 g/mol. The van der Waals surface area contributed by atoms with E-state index >= 15 is 0 Å². The summed E-state index contributed by atoms with van der Waals surface area (Å²) in [6.07, 6.45) is 1.50. The average molecular weight is 562 g/mol. The molecule has 0 radical (unpaired) electrons. The Kier molecular flexibility index (Phi) is 7.52. The molecule has 14 heteroatoms. The molecule has 0 atom stereocenters. The molecule has 3 N–H and O–H groups in total. The number of rotatable bonds is 7. The predicted molar refractivity (Wildman–Crippen MR) is 146 cm³/mol. The molecule has 2 aromatic carbocycles. The van der Waals surface area contributed by atoms with Crippen molar-refractivity contribution in [1.29, 1.82) is 0 Å². The van der Waals surface area contributed by atoms with Crippen molar-refractivity contribution < 1.29 is 9.47 Å². The van der Waals surface area contributed by atoms with E-state index < -0.39 is 11.2 Å². The van der Waals surface area contributed by atoms with Crippen LogP contribution < -0.4 is 31.9 Å². The lowest BCUT2D eigenvalue weighted by atomic mass is 10.2. The summed E-state index contributed by atoms with van der Waals surface area (Å²) < 4.78 is 15.4. The first kappa shape index (κ1) is 26.2. The first-order chi connectivity index (χ1) is 17.6. The molecule has 0 unspecified atom stereocenters. The third-order valence-electron chi connectivity index (χ3n) is 5.43. The van der Waals surface area contributed by atoms with Crippen LogP contribution in [-0.4, -0.2) is 37.1 Å². The molecule has 0 aliphatic carbocycles. The highest BCUT2D eigenvalue weighted by Gasteiger charge is 2.22. The minimum atomic E-state index is -0.533. The summed E-state index contributed by atoms with van der Waals surface area (Å²) in [6, 6.07) is 10.1. The van der Waals surface area contributed by atoms with Gasteiger partial charge in [-0.25, -0.2) is 4.79 Å². The SMILES string of the molecule is COc1cc(/C=N/NC(N)=S)ccc1Oc1nc2c(c(=O)n(C)c(=O)n2C)n1Cc1ccc(Cl)cc1Cl. The Balaban J connectivity index is 1.85. The third-order valence-corrected chi connectivity index (χ3v) is 6.11. The predicted octanol–water partition coefficient (Wildman–Crippen LogP) is 2.76. The summed E-state index contributed by atoms with van der Waals surface area (Å²) in [4.78, 5) is 30.2. The van der Waals surface area contributed by atoms with Crippen molar-refractivity contribution in [3.63, 3.8) is 0 Å². The first-order valence-corrected chi connectivity index (χ1v) is 11.8. The second kappa shape index (κ2) is 10.6. The van der Waals surface area contributed by atoms with Gasteiger partial charge in [-0.15, -0.1) is 0 Å². The maximum atomic E-state index is 13.1. The number of aryl methyl sites for hydroxylation is 1. The van der Waals surface area contributed by atoms with Crippen molar-refractivity contribution in [2.45, 2.75) is 6.54 Å². The lowest BCUT2D eigenvalue weighted by Crippen LogP contribution is -2.37. The molecule has 11 nitrogen and oxygen atoms in total. The number of halogens is 2. The van der Waals surface area contributed by atoms with Crippen LogP contribution in [0.25, 0.3) is 11.2 Å². The van der Waals surface area contributed by atoms with Gasteiger partial charge < -0.3 is 15.2 Å². The molecule has 0 bridgehead atoms. The van der Waals surface area contributed by atoms with Crippen LogP contribution in [0.4, 0.5) is 0 Å². The number of benzene rings is 2. The number of hydrogen-bond acceptors (Lipinski definition) is 7. The van der Waals surface area contributed by atoms with Crippen LogP contribution in [0, 0.1) is 0 Å². The van der Waals surface area contributed by atoms with E-state index in [2.05, 4.69) is 15.5 Å². The smallest absolute Gasteiger partial charge is 0.332 e. The summed E-state index contributed by atoms with van der Waals surface area (Å²) in [5.41, 5.74) is 8.44. The molecule has 4 aromatic rings. The Morgan fingerprint density at radius 3 is 2.59 bits per heavy atom. The van der Waals surface area contributed by atoms with Gasteiger partial charge in [0.15, 0.2) is 27.8 Å². The van der Waals surface area contributed by atoms with Gasteiger partial charge in [-0.2, -0.15) is 10.1 Å². The number of hydrazone groups is 1. The standard InChI is InChI=1S/C23H21Cl2N7O4S/c1-30-19-18(20(33)31(2)23(30)34)32(11-13-5-6-14(24)9-15(13)25)22(28-19)36-16-7-4-12(8-17(16)35-3)10-27-29-21(26)37/h4-10H,11H2,1-3H3,(H3,26,29,37)/b27-10+. The number of hydrogen-bond donors (Lipinski definition) is 2. The molecule has 2 aromatic heterocycles. The Morgan fingerprint density at radius 1 is 1.16 bits per heavy atom. The van der Waals surface area contributed by atoms with Crippen LogP contribution >= 0.6 is 35.4 Å². The van der Waals surface area contributed by atoms with Crippen molar-refractivity contribution in [1.82, 2.24) is 24.1 Å². The van der Waals surface area contributed by atoms with Gasteiger partial charge in [0, 0.05) is 24.1 Å². The van der Waals surface area contributed by atoms with E-state index in [-0.39, 0.29) is 28.8 Å². The Labute approximate surface area is 225 Å². The number of ether oxygens (including phenoxy) is 2. The summed E-state index contributed by atoms with van der Waals surface area (Å²) in [6.45, 7) is 0.118. The molecule has 0 amide bonds. The van der Waals surface area contributed by atoms with Crippen molar-refractivity contribution in [3.8, 4) is 17.5 Å². The zero-order valence-corrected chi connectivity index (χ0v) is 22.2. The topological polar surface area (TPSA) is 131 Å². The van der Waals surface area contributed by atoms with Crippen LogP contribution in [0.2, 0.25) is 10.0 Å². The van der Waals surface area contributed by atoms with Gasteiger partial charge >= 0.3 is 11.7 Å². The van der Waals surface area contributed by atoms with Gasteiger partial charge in [0.1, 0.15) is 0 Å². The molecule has 0 saturated carbocycles. The Morgan fingerprint density at radius 2 is 1.92 bits per heavy atom. The number of imidazole rings is 1. The van der Waals surface area contributed by atoms with Crippen LogP contribution in [0.3, 0.4) is 0 Å². The molecule has 0 saturated heterocycles.